The number of carbonyl (C=O) groups is 1. The maximum atomic E-state index is 12.1. The second kappa shape index (κ2) is 5.99. The average molecular weight is 256 g/mol. The van der Waals surface area contributed by atoms with Crippen molar-refractivity contribution in [2.45, 2.75) is 44.2 Å². The van der Waals surface area contributed by atoms with Crippen LogP contribution in [0.5, 0.6) is 0 Å². The van der Waals surface area contributed by atoms with E-state index in [1.54, 1.807) is 0 Å². The Morgan fingerprint density at radius 1 is 1.44 bits per heavy atom. The molecule has 1 saturated heterocycles. The molecule has 2 unspecified atom stereocenters. The van der Waals surface area contributed by atoms with Crippen molar-refractivity contribution < 1.29 is 14.6 Å². The molecule has 0 radical (unpaired) electrons. The first-order chi connectivity index (χ1) is 8.64. The molecule has 18 heavy (non-hydrogen) atoms. The summed E-state index contributed by atoms with van der Waals surface area (Å²) in [6, 6.07) is 0.112. The zero-order valence-electron chi connectivity index (χ0n) is 11.1. The molecule has 5 nitrogen and oxygen atoms in total. The molecule has 0 aromatic carbocycles. The van der Waals surface area contributed by atoms with E-state index in [-0.39, 0.29) is 17.9 Å². The SMILES string of the molecule is CCCNC1COCC1C(=O)NCC1(O)CCC1. The Morgan fingerprint density at radius 2 is 2.22 bits per heavy atom. The van der Waals surface area contributed by atoms with Crippen molar-refractivity contribution >= 4 is 5.91 Å². The third-order valence-electron chi connectivity index (χ3n) is 3.95. The Morgan fingerprint density at radius 3 is 2.83 bits per heavy atom. The minimum Gasteiger partial charge on any atom is -0.388 e. The van der Waals surface area contributed by atoms with E-state index in [0.717, 1.165) is 32.2 Å². The van der Waals surface area contributed by atoms with E-state index in [0.29, 0.717) is 19.8 Å². The van der Waals surface area contributed by atoms with Crippen LogP contribution < -0.4 is 10.6 Å². The van der Waals surface area contributed by atoms with Crippen LogP contribution in [0, 0.1) is 5.92 Å². The standard InChI is InChI=1S/C13H24N2O3/c1-2-6-14-11-8-18-7-10(11)12(16)15-9-13(17)4-3-5-13/h10-11,14,17H,2-9H2,1H3,(H,15,16). The second-order valence-corrected chi connectivity index (χ2v) is 5.50. The van der Waals surface area contributed by atoms with E-state index in [1.165, 1.54) is 0 Å². The molecule has 1 aliphatic carbocycles. The van der Waals surface area contributed by atoms with Gasteiger partial charge in [0, 0.05) is 12.6 Å². The molecule has 1 amide bonds. The van der Waals surface area contributed by atoms with Gasteiger partial charge in [-0.05, 0) is 32.2 Å². The van der Waals surface area contributed by atoms with Gasteiger partial charge in [0.25, 0.3) is 0 Å². The maximum Gasteiger partial charge on any atom is 0.227 e. The summed E-state index contributed by atoms with van der Waals surface area (Å²) < 4.78 is 5.37. The van der Waals surface area contributed by atoms with Crippen LogP contribution in [0.25, 0.3) is 0 Å². The Hall–Kier alpha value is -0.650. The van der Waals surface area contributed by atoms with Crippen LogP contribution in [0.4, 0.5) is 0 Å². The summed E-state index contributed by atoms with van der Waals surface area (Å²) in [5.41, 5.74) is -0.651. The zero-order chi connectivity index (χ0) is 13.0. The fraction of sp³-hybridized carbons (Fsp3) is 0.923. The summed E-state index contributed by atoms with van der Waals surface area (Å²) in [5.74, 6) is -0.123. The number of rotatable bonds is 6. The van der Waals surface area contributed by atoms with Crippen LogP contribution in [0.1, 0.15) is 32.6 Å². The molecule has 0 spiro atoms. The lowest BCUT2D eigenvalue weighted by atomic mass is 9.80. The molecule has 5 heteroatoms. The lowest BCUT2D eigenvalue weighted by Crippen LogP contribution is -2.51. The second-order valence-electron chi connectivity index (χ2n) is 5.50. The quantitative estimate of drug-likeness (QED) is 0.627. The van der Waals surface area contributed by atoms with Gasteiger partial charge < -0.3 is 20.5 Å². The molecule has 2 rings (SSSR count). The zero-order valence-corrected chi connectivity index (χ0v) is 11.1. The molecule has 2 fully saturated rings. The van der Waals surface area contributed by atoms with E-state index in [9.17, 15) is 9.90 Å². The summed E-state index contributed by atoms with van der Waals surface area (Å²) in [6.45, 7) is 4.46. The van der Waals surface area contributed by atoms with Crippen molar-refractivity contribution in [1.29, 1.82) is 0 Å². The van der Waals surface area contributed by atoms with Crippen molar-refractivity contribution in [3.63, 3.8) is 0 Å². The Kier molecular flexibility index (Phi) is 4.59. The topological polar surface area (TPSA) is 70.6 Å². The van der Waals surface area contributed by atoms with E-state index < -0.39 is 5.60 Å². The summed E-state index contributed by atoms with van der Waals surface area (Å²) >= 11 is 0. The first kappa shape index (κ1) is 13.8. The molecule has 0 aromatic rings. The van der Waals surface area contributed by atoms with Crippen molar-refractivity contribution in [3.05, 3.63) is 0 Å². The fourth-order valence-corrected chi connectivity index (χ4v) is 2.49. The monoisotopic (exact) mass is 256 g/mol. The summed E-state index contributed by atoms with van der Waals surface area (Å²) in [6.07, 6.45) is 3.70. The number of nitrogens with one attached hydrogen (secondary N) is 2. The summed E-state index contributed by atoms with van der Waals surface area (Å²) in [5, 5.41) is 16.2. The van der Waals surface area contributed by atoms with Gasteiger partial charge in [0.2, 0.25) is 5.91 Å². The highest BCUT2D eigenvalue weighted by atomic mass is 16.5. The van der Waals surface area contributed by atoms with E-state index in [4.69, 9.17) is 4.74 Å². The lowest BCUT2D eigenvalue weighted by Gasteiger charge is -2.37. The van der Waals surface area contributed by atoms with Crippen LogP contribution >= 0.6 is 0 Å². The molecule has 104 valence electrons. The maximum absolute atomic E-state index is 12.1. The summed E-state index contributed by atoms with van der Waals surface area (Å²) in [7, 11) is 0. The molecule has 1 aliphatic heterocycles. The molecule has 1 saturated carbocycles. The van der Waals surface area contributed by atoms with Crippen molar-refractivity contribution in [2.24, 2.45) is 5.92 Å². The third kappa shape index (κ3) is 3.22. The van der Waals surface area contributed by atoms with Crippen LogP contribution in [-0.4, -0.2) is 49.0 Å². The van der Waals surface area contributed by atoms with Gasteiger partial charge in [0.15, 0.2) is 0 Å². The number of aliphatic hydroxyl groups is 1. The van der Waals surface area contributed by atoms with E-state index >= 15 is 0 Å². The van der Waals surface area contributed by atoms with Crippen LogP contribution in [0.3, 0.4) is 0 Å². The molecule has 1 heterocycles. The predicted octanol–water partition coefficient (Wildman–Crippen LogP) is 0.0322. The molecule has 2 atom stereocenters. The smallest absolute Gasteiger partial charge is 0.227 e. The van der Waals surface area contributed by atoms with Gasteiger partial charge in [-0.1, -0.05) is 6.92 Å². The first-order valence-corrected chi connectivity index (χ1v) is 6.96. The molecular formula is C13H24N2O3. The summed E-state index contributed by atoms with van der Waals surface area (Å²) in [4.78, 5) is 12.1. The van der Waals surface area contributed by atoms with Crippen LogP contribution in [-0.2, 0) is 9.53 Å². The normalized spacial score (nSPS) is 29.9. The number of hydrogen-bond acceptors (Lipinski definition) is 4. The van der Waals surface area contributed by atoms with Gasteiger partial charge in [-0.25, -0.2) is 0 Å². The highest BCUT2D eigenvalue weighted by Crippen LogP contribution is 2.30. The van der Waals surface area contributed by atoms with E-state index in [2.05, 4.69) is 17.6 Å². The Bertz CT molecular complexity index is 292. The number of ether oxygens (including phenoxy) is 1. The van der Waals surface area contributed by atoms with Gasteiger partial charge in [-0.3, -0.25) is 4.79 Å². The number of amides is 1. The highest BCUT2D eigenvalue weighted by molar-refractivity contribution is 5.80. The highest BCUT2D eigenvalue weighted by Gasteiger charge is 2.37. The van der Waals surface area contributed by atoms with Crippen molar-refractivity contribution in [1.82, 2.24) is 10.6 Å². The van der Waals surface area contributed by atoms with Crippen LogP contribution in [0.2, 0.25) is 0 Å². The van der Waals surface area contributed by atoms with Crippen molar-refractivity contribution in [2.75, 3.05) is 26.3 Å². The Labute approximate surface area is 108 Å². The number of hydrogen-bond donors (Lipinski definition) is 3. The first-order valence-electron chi connectivity index (χ1n) is 6.96. The molecular weight excluding hydrogens is 232 g/mol. The molecule has 0 bridgehead atoms. The minimum atomic E-state index is -0.651. The van der Waals surface area contributed by atoms with Gasteiger partial charge in [-0.2, -0.15) is 0 Å². The molecule has 3 N–H and O–H groups in total. The minimum absolute atomic E-state index is 0.00132. The van der Waals surface area contributed by atoms with Gasteiger partial charge in [0.1, 0.15) is 0 Å². The van der Waals surface area contributed by atoms with E-state index in [1.807, 2.05) is 0 Å². The van der Waals surface area contributed by atoms with Gasteiger partial charge >= 0.3 is 0 Å². The van der Waals surface area contributed by atoms with Crippen LogP contribution in [0.15, 0.2) is 0 Å². The lowest BCUT2D eigenvalue weighted by molar-refractivity contribution is -0.127. The largest absolute Gasteiger partial charge is 0.388 e. The Balaban J connectivity index is 1.76. The third-order valence-corrected chi connectivity index (χ3v) is 3.95. The number of carbonyl (C=O) groups excluding carboxylic acids is 1. The fourth-order valence-electron chi connectivity index (χ4n) is 2.49. The van der Waals surface area contributed by atoms with Gasteiger partial charge in [0.05, 0.1) is 24.7 Å². The molecule has 0 aromatic heterocycles. The van der Waals surface area contributed by atoms with Crippen molar-refractivity contribution in [3.8, 4) is 0 Å². The van der Waals surface area contributed by atoms with Gasteiger partial charge in [-0.15, -0.1) is 0 Å². The predicted molar refractivity (Wildman–Crippen MR) is 68.2 cm³/mol. The molecule has 2 aliphatic rings. The average Bonchev–Trinajstić information content (AvgIpc) is 2.79.